The van der Waals surface area contributed by atoms with Crippen molar-refractivity contribution in [2.24, 2.45) is 10.2 Å². The van der Waals surface area contributed by atoms with E-state index in [1.165, 1.54) is 0 Å². The highest BCUT2D eigenvalue weighted by Crippen LogP contribution is 2.33. The molecule has 0 aromatic heterocycles. The molecule has 1 amide bonds. The number of phenols is 1. The van der Waals surface area contributed by atoms with E-state index in [-0.39, 0.29) is 17.1 Å². The molecular weight excluding hydrogens is 350 g/mol. The smallest absolute Gasteiger partial charge is 0.255 e. The number of hydrogen-bond donors (Lipinski definition) is 2. The van der Waals surface area contributed by atoms with Crippen LogP contribution in [0.15, 0.2) is 83.0 Å². The van der Waals surface area contributed by atoms with E-state index in [1.54, 1.807) is 42.5 Å². The summed E-state index contributed by atoms with van der Waals surface area (Å²) in [6.07, 6.45) is 0. The fourth-order valence-corrected chi connectivity index (χ4v) is 2.59. The Hall–Kier alpha value is -3.47. The molecule has 28 heavy (non-hydrogen) atoms. The summed E-state index contributed by atoms with van der Waals surface area (Å²) in [5.41, 5.74) is 3.34. The number of phenolic OH excluding ortho intramolecular Hbond substituents is 1. The van der Waals surface area contributed by atoms with Crippen molar-refractivity contribution in [2.45, 2.75) is 26.2 Å². The van der Waals surface area contributed by atoms with Crippen molar-refractivity contribution in [2.75, 3.05) is 5.32 Å². The van der Waals surface area contributed by atoms with Gasteiger partial charge in [0.15, 0.2) is 0 Å². The van der Waals surface area contributed by atoms with Crippen LogP contribution in [-0.4, -0.2) is 11.0 Å². The molecular formula is C23H23N3O2. The lowest BCUT2D eigenvalue weighted by atomic mass is 9.87. The van der Waals surface area contributed by atoms with E-state index in [1.807, 2.05) is 30.3 Å². The van der Waals surface area contributed by atoms with E-state index in [4.69, 9.17) is 0 Å². The molecule has 0 aliphatic heterocycles. The second-order valence-electron chi connectivity index (χ2n) is 7.52. The number of aromatic hydroxyl groups is 1. The second-order valence-corrected chi connectivity index (χ2v) is 7.52. The lowest BCUT2D eigenvalue weighted by molar-refractivity contribution is 0.102. The molecule has 0 heterocycles. The van der Waals surface area contributed by atoms with Crippen molar-refractivity contribution in [1.82, 2.24) is 0 Å². The molecule has 3 aromatic carbocycles. The standard InChI is InChI=1S/C23H23N3O2/c1-23(2,3)17-9-14-21(27)20(15-17)26-25-19-12-10-18(11-13-19)24-22(28)16-7-5-4-6-8-16/h4-15,27H,1-3H3,(H,24,28). The molecule has 5 heteroatoms. The maximum Gasteiger partial charge on any atom is 0.255 e. The first-order valence-electron chi connectivity index (χ1n) is 9.05. The van der Waals surface area contributed by atoms with Gasteiger partial charge in [0.05, 0.1) is 5.69 Å². The predicted octanol–water partition coefficient (Wildman–Crippen LogP) is 6.36. The van der Waals surface area contributed by atoms with Crippen molar-refractivity contribution >= 4 is 23.0 Å². The molecule has 0 spiro atoms. The summed E-state index contributed by atoms with van der Waals surface area (Å²) >= 11 is 0. The maximum absolute atomic E-state index is 12.2. The van der Waals surface area contributed by atoms with Crippen LogP contribution in [0, 0.1) is 0 Å². The van der Waals surface area contributed by atoms with Crippen LogP contribution in [0.3, 0.4) is 0 Å². The van der Waals surface area contributed by atoms with Gasteiger partial charge in [0.2, 0.25) is 0 Å². The minimum Gasteiger partial charge on any atom is -0.506 e. The van der Waals surface area contributed by atoms with Gasteiger partial charge < -0.3 is 10.4 Å². The van der Waals surface area contributed by atoms with Gasteiger partial charge in [0.25, 0.3) is 5.91 Å². The largest absolute Gasteiger partial charge is 0.506 e. The molecule has 2 N–H and O–H groups in total. The molecule has 0 radical (unpaired) electrons. The van der Waals surface area contributed by atoms with Gasteiger partial charge in [-0.3, -0.25) is 4.79 Å². The lowest BCUT2D eigenvalue weighted by Gasteiger charge is -2.19. The van der Waals surface area contributed by atoms with E-state index in [0.717, 1.165) is 5.56 Å². The Bertz CT molecular complexity index is 989. The lowest BCUT2D eigenvalue weighted by Crippen LogP contribution is -2.11. The zero-order valence-electron chi connectivity index (χ0n) is 16.2. The summed E-state index contributed by atoms with van der Waals surface area (Å²) in [4.78, 5) is 12.2. The van der Waals surface area contributed by atoms with Crippen LogP contribution < -0.4 is 5.32 Å². The Balaban J connectivity index is 1.72. The summed E-state index contributed by atoms with van der Waals surface area (Å²) in [5.74, 6) is -0.0811. The molecule has 0 saturated heterocycles. The number of carbonyl (C=O) groups excluding carboxylic acids is 1. The van der Waals surface area contributed by atoms with Gasteiger partial charge in [-0.15, -0.1) is 5.11 Å². The maximum atomic E-state index is 12.2. The summed E-state index contributed by atoms with van der Waals surface area (Å²) in [7, 11) is 0. The third-order valence-corrected chi connectivity index (χ3v) is 4.28. The number of amides is 1. The van der Waals surface area contributed by atoms with E-state index in [9.17, 15) is 9.90 Å². The van der Waals surface area contributed by atoms with Crippen LogP contribution in [0.25, 0.3) is 0 Å². The summed E-state index contributed by atoms with van der Waals surface area (Å²) in [5, 5.41) is 21.2. The number of azo groups is 1. The Morgan fingerprint density at radius 3 is 2.21 bits per heavy atom. The molecule has 0 fully saturated rings. The monoisotopic (exact) mass is 373 g/mol. The number of benzene rings is 3. The fourth-order valence-electron chi connectivity index (χ4n) is 2.59. The summed E-state index contributed by atoms with van der Waals surface area (Å²) < 4.78 is 0. The average molecular weight is 373 g/mol. The van der Waals surface area contributed by atoms with E-state index >= 15 is 0 Å². The molecule has 0 unspecified atom stereocenters. The van der Waals surface area contributed by atoms with Crippen LogP contribution >= 0.6 is 0 Å². The van der Waals surface area contributed by atoms with E-state index in [2.05, 4.69) is 36.3 Å². The van der Waals surface area contributed by atoms with Gasteiger partial charge >= 0.3 is 0 Å². The number of nitrogens with zero attached hydrogens (tertiary/aromatic N) is 2. The Kier molecular flexibility index (Phi) is 5.54. The zero-order chi connectivity index (χ0) is 20.1. The number of carbonyl (C=O) groups is 1. The topological polar surface area (TPSA) is 74.1 Å². The molecule has 0 aliphatic rings. The summed E-state index contributed by atoms with van der Waals surface area (Å²) in [6, 6.07) is 21.4. The normalized spacial score (nSPS) is 11.5. The van der Waals surface area contributed by atoms with Gasteiger partial charge in [0.1, 0.15) is 11.4 Å². The molecule has 5 nitrogen and oxygen atoms in total. The van der Waals surface area contributed by atoms with Crippen LogP contribution in [-0.2, 0) is 5.41 Å². The van der Waals surface area contributed by atoms with Crippen molar-refractivity contribution < 1.29 is 9.90 Å². The van der Waals surface area contributed by atoms with Gasteiger partial charge in [-0.05, 0) is 59.5 Å². The third kappa shape index (κ3) is 4.82. The van der Waals surface area contributed by atoms with Crippen molar-refractivity contribution in [3.63, 3.8) is 0 Å². The summed E-state index contributed by atoms with van der Waals surface area (Å²) in [6.45, 7) is 6.30. The van der Waals surface area contributed by atoms with Crippen molar-refractivity contribution in [3.8, 4) is 5.75 Å². The molecule has 0 saturated carbocycles. The van der Waals surface area contributed by atoms with E-state index in [0.29, 0.717) is 22.6 Å². The number of nitrogens with one attached hydrogen (secondary N) is 1. The molecule has 0 atom stereocenters. The van der Waals surface area contributed by atoms with Gasteiger partial charge in [-0.1, -0.05) is 45.0 Å². The molecule has 0 bridgehead atoms. The van der Waals surface area contributed by atoms with Gasteiger partial charge in [-0.2, -0.15) is 5.11 Å². The van der Waals surface area contributed by atoms with Gasteiger partial charge in [-0.25, -0.2) is 0 Å². The number of anilines is 1. The van der Waals surface area contributed by atoms with Crippen molar-refractivity contribution in [1.29, 1.82) is 0 Å². The predicted molar refractivity (Wildman–Crippen MR) is 112 cm³/mol. The number of hydrogen-bond acceptors (Lipinski definition) is 4. The quantitative estimate of drug-likeness (QED) is 0.522. The minimum atomic E-state index is -0.168. The van der Waals surface area contributed by atoms with Crippen LogP contribution in [0.1, 0.15) is 36.7 Å². The Morgan fingerprint density at radius 2 is 1.57 bits per heavy atom. The average Bonchev–Trinajstić information content (AvgIpc) is 2.68. The molecule has 0 aliphatic carbocycles. The Morgan fingerprint density at radius 1 is 0.893 bits per heavy atom. The van der Waals surface area contributed by atoms with Gasteiger partial charge in [0, 0.05) is 11.3 Å². The first-order valence-corrected chi connectivity index (χ1v) is 9.05. The first kappa shape index (κ1) is 19.3. The highest BCUT2D eigenvalue weighted by atomic mass is 16.3. The highest BCUT2D eigenvalue weighted by molar-refractivity contribution is 6.04. The van der Waals surface area contributed by atoms with Crippen molar-refractivity contribution in [3.05, 3.63) is 83.9 Å². The first-order chi connectivity index (χ1) is 13.3. The molecule has 142 valence electrons. The molecule has 3 aromatic rings. The third-order valence-electron chi connectivity index (χ3n) is 4.28. The fraction of sp³-hybridized carbons (Fsp3) is 0.174. The van der Waals surface area contributed by atoms with Crippen LogP contribution in [0.4, 0.5) is 17.1 Å². The second kappa shape index (κ2) is 8.05. The van der Waals surface area contributed by atoms with Crippen LogP contribution in [0.5, 0.6) is 5.75 Å². The molecule has 3 rings (SSSR count). The SMILES string of the molecule is CC(C)(C)c1ccc(O)c(N=Nc2ccc(NC(=O)c3ccccc3)cc2)c1. The zero-order valence-corrected chi connectivity index (χ0v) is 16.2. The highest BCUT2D eigenvalue weighted by Gasteiger charge is 2.15. The Labute approximate surface area is 164 Å². The van der Waals surface area contributed by atoms with Crippen LogP contribution in [0.2, 0.25) is 0 Å². The number of rotatable bonds is 4. The van der Waals surface area contributed by atoms with E-state index < -0.39 is 0 Å². The minimum absolute atomic E-state index is 0.0451.